The van der Waals surface area contributed by atoms with E-state index in [0.717, 1.165) is 12.7 Å². The molecule has 0 radical (unpaired) electrons. The van der Waals surface area contributed by atoms with Crippen molar-refractivity contribution in [1.82, 2.24) is 4.90 Å². The number of aldehydes is 1. The molecule has 1 heterocycles. The molecule has 2 aromatic rings. The second-order valence-corrected chi connectivity index (χ2v) is 6.23. The van der Waals surface area contributed by atoms with Gasteiger partial charge in [0.05, 0.1) is 6.61 Å². The molecule has 5 nitrogen and oxygen atoms in total. The van der Waals surface area contributed by atoms with Gasteiger partial charge in [-0.05, 0) is 42.7 Å². The number of carbonyl (C=O) groups is 2. The highest BCUT2D eigenvalue weighted by molar-refractivity contribution is 5.80. The van der Waals surface area contributed by atoms with Crippen molar-refractivity contribution in [3.8, 4) is 11.5 Å². The van der Waals surface area contributed by atoms with Crippen molar-refractivity contribution in [2.75, 3.05) is 26.3 Å². The van der Waals surface area contributed by atoms with Gasteiger partial charge >= 0.3 is 0 Å². The van der Waals surface area contributed by atoms with Crippen molar-refractivity contribution in [1.29, 1.82) is 0 Å². The van der Waals surface area contributed by atoms with Crippen LogP contribution in [0.15, 0.2) is 54.6 Å². The first-order valence-corrected chi connectivity index (χ1v) is 9.08. The van der Waals surface area contributed by atoms with Gasteiger partial charge in [0.25, 0.3) is 5.91 Å². The summed E-state index contributed by atoms with van der Waals surface area (Å²) in [7, 11) is 0. The van der Waals surface area contributed by atoms with Gasteiger partial charge in [-0.25, -0.2) is 0 Å². The monoisotopic (exact) mass is 365 g/mol. The third-order valence-corrected chi connectivity index (χ3v) is 4.46. The van der Waals surface area contributed by atoms with E-state index in [2.05, 4.69) is 18.2 Å². The molecule has 2 aromatic carbocycles. The number of amides is 1. The first kappa shape index (κ1) is 18.7. The lowest BCUT2D eigenvalue weighted by atomic mass is 10.00. The van der Waals surface area contributed by atoms with Gasteiger partial charge in [-0.15, -0.1) is 0 Å². The molecule has 0 spiro atoms. The van der Waals surface area contributed by atoms with Gasteiger partial charge in [-0.3, -0.25) is 9.59 Å². The molecule has 0 atom stereocenters. The quantitative estimate of drug-likeness (QED) is 0.704. The Bertz CT molecular complexity index is 829. The molecule has 27 heavy (non-hydrogen) atoms. The highest BCUT2D eigenvalue weighted by atomic mass is 16.5. The maximum Gasteiger partial charge on any atom is 0.260 e. The van der Waals surface area contributed by atoms with Crippen LogP contribution in [0.2, 0.25) is 0 Å². The lowest BCUT2D eigenvalue weighted by Gasteiger charge is -2.26. The van der Waals surface area contributed by atoms with Gasteiger partial charge in [-0.2, -0.15) is 0 Å². The van der Waals surface area contributed by atoms with Gasteiger partial charge in [0.15, 0.2) is 18.1 Å². The Morgan fingerprint density at radius 2 is 1.93 bits per heavy atom. The SMILES string of the molecule is CCOc1cc(C=O)ccc1OCC(=O)N1CC=C(c2ccccc2)CC1. The summed E-state index contributed by atoms with van der Waals surface area (Å²) in [5, 5.41) is 0. The van der Waals surface area contributed by atoms with Crippen LogP contribution in [0.4, 0.5) is 0 Å². The standard InChI is InChI=1S/C22H23NO4/c1-2-26-21-14-17(15-24)8-9-20(21)27-16-22(25)23-12-10-19(11-13-23)18-6-4-3-5-7-18/h3-10,14-15H,2,11-13,16H2,1H3. The molecule has 0 N–H and O–H groups in total. The van der Waals surface area contributed by atoms with Crippen LogP contribution in [-0.4, -0.2) is 43.4 Å². The molecule has 3 rings (SSSR count). The van der Waals surface area contributed by atoms with E-state index >= 15 is 0 Å². The molecule has 1 aliphatic heterocycles. The van der Waals surface area contributed by atoms with Gasteiger partial charge in [0.1, 0.15) is 6.29 Å². The predicted octanol–water partition coefficient (Wildman–Crippen LogP) is 3.59. The van der Waals surface area contributed by atoms with Crippen molar-refractivity contribution in [2.24, 2.45) is 0 Å². The van der Waals surface area contributed by atoms with E-state index < -0.39 is 0 Å². The van der Waals surface area contributed by atoms with Crippen LogP contribution in [-0.2, 0) is 4.79 Å². The molecule has 140 valence electrons. The number of hydrogen-bond acceptors (Lipinski definition) is 4. The van der Waals surface area contributed by atoms with Crippen molar-refractivity contribution in [3.63, 3.8) is 0 Å². The molecule has 1 aliphatic rings. The zero-order valence-electron chi connectivity index (χ0n) is 15.4. The maximum absolute atomic E-state index is 12.5. The largest absolute Gasteiger partial charge is 0.490 e. The first-order chi connectivity index (χ1) is 13.2. The van der Waals surface area contributed by atoms with Crippen molar-refractivity contribution in [2.45, 2.75) is 13.3 Å². The fourth-order valence-electron chi connectivity index (χ4n) is 3.03. The third kappa shape index (κ3) is 4.76. The molecule has 0 aliphatic carbocycles. The Morgan fingerprint density at radius 3 is 2.59 bits per heavy atom. The Labute approximate surface area is 159 Å². The Balaban J connectivity index is 1.59. The lowest BCUT2D eigenvalue weighted by molar-refractivity contribution is -0.132. The van der Waals surface area contributed by atoms with Crippen LogP contribution >= 0.6 is 0 Å². The molecule has 0 fully saturated rings. The van der Waals surface area contributed by atoms with Crippen LogP contribution in [0.3, 0.4) is 0 Å². The minimum absolute atomic E-state index is 0.0605. The van der Waals surface area contributed by atoms with Crippen molar-refractivity contribution in [3.05, 3.63) is 65.7 Å². The van der Waals surface area contributed by atoms with Crippen LogP contribution in [0.5, 0.6) is 11.5 Å². The fourth-order valence-corrected chi connectivity index (χ4v) is 3.03. The van der Waals surface area contributed by atoms with Gasteiger partial charge in [0.2, 0.25) is 0 Å². The average molecular weight is 365 g/mol. The van der Waals surface area contributed by atoms with Gasteiger partial charge < -0.3 is 14.4 Å². The minimum Gasteiger partial charge on any atom is -0.490 e. The molecule has 0 saturated heterocycles. The summed E-state index contributed by atoms with van der Waals surface area (Å²) in [5.41, 5.74) is 2.98. The fraction of sp³-hybridized carbons (Fsp3) is 0.273. The topological polar surface area (TPSA) is 55.8 Å². The summed E-state index contributed by atoms with van der Waals surface area (Å²) in [6, 6.07) is 15.1. The molecule has 1 amide bonds. The molecule has 0 saturated carbocycles. The number of benzene rings is 2. The summed E-state index contributed by atoms with van der Waals surface area (Å²) >= 11 is 0. The Kier molecular flexibility index (Phi) is 6.26. The lowest BCUT2D eigenvalue weighted by Crippen LogP contribution is -2.37. The minimum atomic E-state index is -0.0692. The molecule has 0 bridgehead atoms. The summed E-state index contributed by atoms with van der Waals surface area (Å²) in [4.78, 5) is 25.2. The summed E-state index contributed by atoms with van der Waals surface area (Å²) < 4.78 is 11.2. The first-order valence-electron chi connectivity index (χ1n) is 9.08. The summed E-state index contributed by atoms with van der Waals surface area (Å²) in [5.74, 6) is 0.869. The van der Waals surface area contributed by atoms with E-state index in [0.29, 0.717) is 36.8 Å². The normalized spacial score (nSPS) is 13.7. The van der Waals surface area contributed by atoms with E-state index in [4.69, 9.17) is 9.47 Å². The van der Waals surface area contributed by atoms with E-state index in [1.807, 2.05) is 25.1 Å². The second-order valence-electron chi connectivity index (χ2n) is 6.23. The highest BCUT2D eigenvalue weighted by Crippen LogP contribution is 2.28. The molecular formula is C22H23NO4. The van der Waals surface area contributed by atoms with Crippen molar-refractivity contribution >= 4 is 17.8 Å². The van der Waals surface area contributed by atoms with E-state index in [1.54, 1.807) is 23.1 Å². The second kappa shape index (κ2) is 9.03. The third-order valence-electron chi connectivity index (χ3n) is 4.46. The van der Waals surface area contributed by atoms with Crippen LogP contribution in [0.1, 0.15) is 29.3 Å². The Hall–Kier alpha value is -3.08. The van der Waals surface area contributed by atoms with Crippen LogP contribution in [0, 0.1) is 0 Å². The molecule has 0 unspecified atom stereocenters. The van der Waals surface area contributed by atoms with Crippen molar-refractivity contribution < 1.29 is 19.1 Å². The zero-order valence-corrected chi connectivity index (χ0v) is 15.4. The van der Waals surface area contributed by atoms with Gasteiger partial charge in [0, 0.05) is 18.7 Å². The van der Waals surface area contributed by atoms with Crippen LogP contribution in [0.25, 0.3) is 5.57 Å². The van der Waals surface area contributed by atoms with Crippen LogP contribution < -0.4 is 9.47 Å². The number of ether oxygens (including phenoxy) is 2. The predicted molar refractivity (Wildman–Crippen MR) is 104 cm³/mol. The molecule has 5 heteroatoms. The summed E-state index contributed by atoms with van der Waals surface area (Å²) in [6.07, 6.45) is 3.68. The highest BCUT2D eigenvalue weighted by Gasteiger charge is 2.19. The molecular weight excluding hydrogens is 342 g/mol. The maximum atomic E-state index is 12.5. The zero-order chi connectivity index (χ0) is 19.1. The summed E-state index contributed by atoms with van der Waals surface area (Å²) in [6.45, 7) is 3.49. The van der Waals surface area contributed by atoms with E-state index in [1.165, 1.54) is 11.1 Å². The molecule has 0 aromatic heterocycles. The Morgan fingerprint density at radius 1 is 1.11 bits per heavy atom. The number of rotatable bonds is 7. The number of nitrogens with zero attached hydrogens (tertiary/aromatic N) is 1. The van der Waals surface area contributed by atoms with E-state index in [-0.39, 0.29) is 12.5 Å². The average Bonchev–Trinajstić information content (AvgIpc) is 2.73. The smallest absolute Gasteiger partial charge is 0.260 e. The van der Waals surface area contributed by atoms with E-state index in [9.17, 15) is 9.59 Å². The number of hydrogen-bond donors (Lipinski definition) is 0. The number of carbonyl (C=O) groups excluding carboxylic acids is 2. The van der Waals surface area contributed by atoms with Gasteiger partial charge in [-0.1, -0.05) is 36.4 Å².